The van der Waals surface area contributed by atoms with Crippen LogP contribution in [0.3, 0.4) is 0 Å². The highest BCUT2D eigenvalue weighted by Gasteiger charge is 2.50. The first-order valence-electron chi connectivity index (χ1n) is 13.2. The molecule has 14 heteroatoms. The third-order valence-corrected chi connectivity index (χ3v) is 7.40. The van der Waals surface area contributed by atoms with Crippen LogP contribution in [-0.4, -0.2) is 67.7 Å². The Bertz CT molecular complexity index is 1520. The highest BCUT2D eigenvalue weighted by molar-refractivity contribution is 9.10. The smallest absolute Gasteiger partial charge is 0.491 e. The Morgan fingerprint density at radius 2 is 1.91 bits per heavy atom. The van der Waals surface area contributed by atoms with Crippen molar-refractivity contribution in [1.82, 2.24) is 10.6 Å². The monoisotopic (exact) mass is 667 g/mol. The van der Waals surface area contributed by atoms with Crippen molar-refractivity contribution in [1.29, 1.82) is 0 Å². The number of carbonyl (C=O) groups is 3. The quantitative estimate of drug-likeness (QED) is 0.220. The first-order valence-corrected chi connectivity index (χ1v) is 14.0. The van der Waals surface area contributed by atoms with Gasteiger partial charge in [-0.3, -0.25) is 14.9 Å². The van der Waals surface area contributed by atoms with E-state index in [1.165, 1.54) is 18.9 Å². The van der Waals surface area contributed by atoms with E-state index >= 15 is 0 Å². The molecule has 0 aromatic heterocycles. The van der Waals surface area contributed by atoms with E-state index in [9.17, 15) is 32.7 Å². The molecule has 0 unspecified atom stereocenters. The van der Waals surface area contributed by atoms with Gasteiger partial charge in [-0.2, -0.15) is 13.2 Å². The van der Waals surface area contributed by atoms with Crippen molar-refractivity contribution < 1.29 is 46.9 Å². The molecule has 0 aliphatic carbocycles. The first kappa shape index (κ1) is 32.0. The number of ether oxygens (including phenoxy) is 3. The van der Waals surface area contributed by atoms with Crippen molar-refractivity contribution in [2.75, 3.05) is 31.8 Å². The van der Waals surface area contributed by atoms with Crippen LogP contribution < -0.4 is 25.0 Å². The Kier molecular flexibility index (Phi) is 9.82. The van der Waals surface area contributed by atoms with Crippen LogP contribution in [0.2, 0.25) is 0 Å². The summed E-state index contributed by atoms with van der Waals surface area (Å²) < 4.78 is 56.2. The van der Waals surface area contributed by atoms with Crippen molar-refractivity contribution in [2.24, 2.45) is 0 Å². The fourth-order valence-electron chi connectivity index (χ4n) is 4.75. The fourth-order valence-corrected chi connectivity index (χ4v) is 5.13. The Balaban J connectivity index is 1.72. The maximum Gasteiger partial charge on any atom is 0.491 e. The molecule has 230 valence electrons. The molecule has 1 aliphatic rings. The molecule has 0 fully saturated rings. The van der Waals surface area contributed by atoms with E-state index in [2.05, 4.69) is 31.3 Å². The van der Waals surface area contributed by atoms with Crippen LogP contribution in [0.5, 0.6) is 11.5 Å². The molecule has 0 spiro atoms. The number of anilines is 1. The molecule has 3 aromatic carbocycles. The van der Waals surface area contributed by atoms with Crippen LogP contribution in [0.25, 0.3) is 10.8 Å². The minimum Gasteiger partial charge on any atom is -0.496 e. The number of hydrogen-bond acceptors (Lipinski definition) is 8. The van der Waals surface area contributed by atoms with Gasteiger partial charge in [0, 0.05) is 23.0 Å². The molecule has 10 nitrogen and oxygen atoms in total. The molecule has 1 heterocycles. The number of nitrogens with one attached hydrogen (secondary N) is 2. The molecule has 0 bridgehead atoms. The zero-order valence-electron chi connectivity index (χ0n) is 23.2. The van der Waals surface area contributed by atoms with Gasteiger partial charge < -0.3 is 29.5 Å². The van der Waals surface area contributed by atoms with Crippen molar-refractivity contribution in [3.63, 3.8) is 0 Å². The summed E-state index contributed by atoms with van der Waals surface area (Å²) in [5, 5.41) is 15.7. The van der Waals surface area contributed by atoms with Gasteiger partial charge in [0.05, 0.1) is 25.9 Å². The van der Waals surface area contributed by atoms with Gasteiger partial charge in [-0.1, -0.05) is 47.1 Å². The lowest BCUT2D eigenvalue weighted by Crippen LogP contribution is -2.64. The van der Waals surface area contributed by atoms with Crippen molar-refractivity contribution in [3.8, 4) is 11.5 Å². The molecule has 2 atom stereocenters. The number of nitrogens with zero attached hydrogens (tertiary/aromatic N) is 1. The largest absolute Gasteiger partial charge is 0.496 e. The molecule has 3 aromatic rings. The average Bonchev–Trinajstić information content (AvgIpc) is 3.11. The third-order valence-electron chi connectivity index (χ3n) is 6.90. The summed E-state index contributed by atoms with van der Waals surface area (Å²) >= 11 is 3.46. The average molecular weight is 668 g/mol. The molecule has 43 heavy (non-hydrogen) atoms. The second kappa shape index (κ2) is 13.2. The summed E-state index contributed by atoms with van der Waals surface area (Å²) in [5.74, 6) is -3.63. The molecule has 1 aliphatic heterocycles. The number of alkyl halides is 3. The van der Waals surface area contributed by atoms with Gasteiger partial charge >= 0.3 is 12.1 Å². The van der Waals surface area contributed by atoms with Crippen molar-refractivity contribution >= 4 is 50.2 Å². The first-order chi connectivity index (χ1) is 20.4. The number of amides is 2. The highest BCUT2D eigenvalue weighted by atomic mass is 79.9. The molecule has 3 N–H and O–H groups in total. The number of esters is 1. The second-order valence-corrected chi connectivity index (χ2v) is 10.5. The van der Waals surface area contributed by atoms with Crippen LogP contribution in [0, 0.1) is 0 Å². The minimum atomic E-state index is -5.39. The Labute approximate surface area is 253 Å². The van der Waals surface area contributed by atoms with Gasteiger partial charge in [-0.15, -0.1) is 0 Å². The zero-order chi connectivity index (χ0) is 31.4. The number of para-hydroxylation sites is 2. The topological polar surface area (TPSA) is 126 Å². The molecular formula is C29H29BrF3N3O7. The molecule has 0 radical (unpaired) electrons. The van der Waals surface area contributed by atoms with Crippen molar-refractivity contribution in [2.45, 2.75) is 37.8 Å². The lowest BCUT2D eigenvalue weighted by atomic mass is 10.0. The molecular weight excluding hydrogens is 639 g/mol. The lowest BCUT2D eigenvalue weighted by Gasteiger charge is -2.34. The van der Waals surface area contributed by atoms with Gasteiger partial charge in [-0.05, 0) is 41.1 Å². The minimum absolute atomic E-state index is 0.0154. The summed E-state index contributed by atoms with van der Waals surface area (Å²) in [4.78, 5) is 40.7. The van der Waals surface area contributed by atoms with Crippen molar-refractivity contribution in [3.05, 3.63) is 64.6 Å². The van der Waals surface area contributed by atoms with Gasteiger partial charge in [-0.25, -0.2) is 4.79 Å². The lowest BCUT2D eigenvalue weighted by molar-refractivity contribution is -0.218. The molecule has 4 rings (SSSR count). The van der Waals surface area contributed by atoms with Crippen LogP contribution in [0.15, 0.2) is 59.1 Å². The summed E-state index contributed by atoms with van der Waals surface area (Å²) in [6, 6.07) is 14.6. The van der Waals surface area contributed by atoms with E-state index in [1.54, 1.807) is 30.3 Å². The molecule has 0 saturated carbocycles. The predicted octanol–water partition coefficient (Wildman–Crippen LogP) is 3.82. The molecule has 0 saturated heterocycles. The predicted molar refractivity (Wildman–Crippen MR) is 154 cm³/mol. The normalized spacial score (nSPS) is 16.5. The van der Waals surface area contributed by atoms with E-state index in [1.807, 2.05) is 24.3 Å². The Hall–Kier alpha value is -3.88. The number of aliphatic hydroxyl groups is 1. The number of fused-ring (bicyclic) bond motifs is 2. The maximum atomic E-state index is 14.1. The number of benzene rings is 3. The molecule has 2 amide bonds. The van der Waals surface area contributed by atoms with Gasteiger partial charge in [0.25, 0.3) is 11.8 Å². The standard InChI is InChI=1S/C29H29BrF3N3O7/c1-3-28(34-12-13-37,43-27(40)29(31,32)33)26(39)35-21-16-42-24-7-5-4-6-22(24)36(25(21)38)15-20-19-10-9-18(30)14-17(19)8-11-23(20)41-2/h4-11,14,21,34,37H,3,12-13,15-16H2,1-2H3,(H,35,39)/t21-,28-/m0/s1. The third kappa shape index (κ3) is 6.86. The Morgan fingerprint density at radius 3 is 2.58 bits per heavy atom. The van der Waals surface area contributed by atoms with Crippen LogP contribution >= 0.6 is 15.9 Å². The van der Waals surface area contributed by atoms with Crippen LogP contribution in [0.4, 0.5) is 18.9 Å². The number of carbonyl (C=O) groups excluding carboxylic acids is 3. The summed E-state index contributed by atoms with van der Waals surface area (Å²) in [6.07, 6.45) is -5.84. The fraction of sp³-hybridized carbons (Fsp3) is 0.345. The number of methoxy groups -OCH3 is 1. The number of halogens is 4. The maximum absolute atomic E-state index is 14.1. The van der Waals surface area contributed by atoms with E-state index in [-0.39, 0.29) is 19.7 Å². The summed E-state index contributed by atoms with van der Waals surface area (Å²) in [5.41, 5.74) is -1.48. The Morgan fingerprint density at radius 1 is 1.16 bits per heavy atom. The number of rotatable bonds is 10. The highest BCUT2D eigenvalue weighted by Crippen LogP contribution is 2.36. The van der Waals surface area contributed by atoms with E-state index in [0.29, 0.717) is 22.7 Å². The zero-order valence-corrected chi connectivity index (χ0v) is 24.8. The van der Waals surface area contributed by atoms with Crippen LogP contribution in [-0.2, 0) is 25.7 Å². The number of aliphatic hydroxyl groups excluding tert-OH is 1. The van der Waals surface area contributed by atoms with Gasteiger partial charge in [0.15, 0.2) is 0 Å². The van der Waals surface area contributed by atoms with E-state index in [4.69, 9.17) is 9.47 Å². The van der Waals surface area contributed by atoms with E-state index < -0.39 is 48.8 Å². The van der Waals surface area contributed by atoms with E-state index in [0.717, 1.165) is 15.2 Å². The number of hydrogen-bond donors (Lipinski definition) is 3. The SMILES string of the molecule is CC[C@](NCCO)(OC(=O)C(F)(F)F)C(=O)N[C@H]1COc2ccccc2N(Cc2c(OC)ccc3cc(Br)ccc23)C1=O. The van der Waals surface area contributed by atoms with Crippen LogP contribution in [0.1, 0.15) is 18.9 Å². The summed E-state index contributed by atoms with van der Waals surface area (Å²) in [6.45, 7) is -0.0256. The summed E-state index contributed by atoms with van der Waals surface area (Å²) in [7, 11) is 1.50. The van der Waals surface area contributed by atoms with Gasteiger partial charge in [0.2, 0.25) is 5.72 Å². The van der Waals surface area contributed by atoms with Gasteiger partial charge in [0.1, 0.15) is 24.1 Å². The second-order valence-electron chi connectivity index (χ2n) is 9.56.